The van der Waals surface area contributed by atoms with Gasteiger partial charge in [-0.15, -0.1) is 0 Å². The fourth-order valence-corrected chi connectivity index (χ4v) is 2.42. The van der Waals surface area contributed by atoms with Gasteiger partial charge in [-0.05, 0) is 6.42 Å². The molecule has 0 spiro atoms. The zero-order chi connectivity index (χ0) is 19.1. The molecule has 0 aromatic rings. The van der Waals surface area contributed by atoms with Gasteiger partial charge in [0.15, 0.2) is 6.29 Å². The molecule has 11 nitrogen and oxygen atoms in total. The largest absolute Gasteiger partial charge is 0.441 e. The Hall–Kier alpha value is -1.34. The molecule has 146 valence electrons. The topological polar surface area (TPSA) is 177 Å². The molecule has 0 aromatic heterocycles. The maximum absolute atomic E-state index is 12.3. The number of rotatable bonds is 7. The molecule has 0 aliphatic carbocycles. The van der Waals surface area contributed by atoms with Crippen molar-refractivity contribution in [1.29, 1.82) is 0 Å². The van der Waals surface area contributed by atoms with Crippen LogP contribution in [0.1, 0.15) is 19.8 Å². The normalized spacial score (nSPS) is 29.5. The molecule has 5 atom stereocenters. The minimum Gasteiger partial charge on any atom is -0.441 e. The number of carbonyl (C=O) groups is 2. The van der Waals surface area contributed by atoms with Crippen molar-refractivity contribution in [2.75, 3.05) is 19.8 Å². The smallest absolute Gasteiger partial charge is 0.417 e. The van der Waals surface area contributed by atoms with Crippen LogP contribution in [0.2, 0.25) is 0 Å². The Morgan fingerprint density at radius 1 is 1.12 bits per heavy atom. The molecule has 1 saturated heterocycles. The molecule has 0 aromatic carbocycles. The SMILES string of the molecule is CCCC(=O)N(C(=O)OC(CO)CO)[C@H]1C(O)O[C@H](CO)[C@@H](O)[C@@H]1O. The van der Waals surface area contributed by atoms with Gasteiger partial charge in [0.1, 0.15) is 30.5 Å². The van der Waals surface area contributed by atoms with Crippen molar-refractivity contribution in [3.05, 3.63) is 0 Å². The number of carbonyl (C=O) groups excluding carboxylic acids is 2. The monoisotopic (exact) mass is 367 g/mol. The van der Waals surface area contributed by atoms with Gasteiger partial charge in [-0.2, -0.15) is 0 Å². The number of aliphatic hydroxyl groups excluding tert-OH is 6. The van der Waals surface area contributed by atoms with Gasteiger partial charge in [0.25, 0.3) is 0 Å². The zero-order valence-electron chi connectivity index (χ0n) is 13.8. The van der Waals surface area contributed by atoms with Crippen LogP contribution in [0.3, 0.4) is 0 Å². The first kappa shape index (κ1) is 21.7. The Morgan fingerprint density at radius 3 is 2.20 bits per heavy atom. The van der Waals surface area contributed by atoms with Gasteiger partial charge in [0, 0.05) is 6.42 Å². The summed E-state index contributed by atoms with van der Waals surface area (Å²) >= 11 is 0. The van der Waals surface area contributed by atoms with Crippen LogP contribution >= 0.6 is 0 Å². The Balaban J connectivity index is 3.09. The van der Waals surface area contributed by atoms with Crippen molar-refractivity contribution in [2.24, 2.45) is 0 Å². The Labute approximate surface area is 144 Å². The van der Waals surface area contributed by atoms with E-state index in [4.69, 9.17) is 24.8 Å². The minimum atomic E-state index is -1.88. The van der Waals surface area contributed by atoms with E-state index in [-0.39, 0.29) is 6.42 Å². The molecule has 1 rings (SSSR count). The van der Waals surface area contributed by atoms with E-state index in [1.807, 2.05) is 0 Å². The lowest BCUT2D eigenvalue weighted by atomic mass is 9.95. The lowest BCUT2D eigenvalue weighted by molar-refractivity contribution is -0.267. The van der Waals surface area contributed by atoms with Gasteiger partial charge >= 0.3 is 6.09 Å². The third-order valence-electron chi connectivity index (χ3n) is 3.77. The number of imide groups is 1. The predicted molar refractivity (Wildman–Crippen MR) is 80.0 cm³/mol. The van der Waals surface area contributed by atoms with Crippen molar-refractivity contribution in [2.45, 2.75) is 56.5 Å². The van der Waals surface area contributed by atoms with Crippen molar-refractivity contribution >= 4 is 12.0 Å². The van der Waals surface area contributed by atoms with Crippen LogP contribution in [0, 0.1) is 0 Å². The van der Waals surface area contributed by atoms with Crippen LogP contribution in [0.25, 0.3) is 0 Å². The maximum Gasteiger partial charge on any atom is 0.417 e. The van der Waals surface area contributed by atoms with E-state index in [2.05, 4.69) is 0 Å². The molecule has 1 aliphatic heterocycles. The summed E-state index contributed by atoms with van der Waals surface area (Å²) < 4.78 is 9.72. The standard InChI is InChI=1S/C14H25NO10/c1-2-3-9(19)15(14(23)24-7(4-16)5-17)10-12(21)11(20)8(6-18)25-13(10)22/h7-8,10-13,16-18,20-22H,2-6H2,1H3/t8-,10-,11-,12-,13?/m1/s1. The highest BCUT2D eigenvalue weighted by molar-refractivity contribution is 5.92. The molecule has 6 N–H and O–H groups in total. The fraction of sp³-hybridized carbons (Fsp3) is 0.857. The van der Waals surface area contributed by atoms with Crippen LogP contribution in [-0.2, 0) is 14.3 Å². The molecule has 1 aliphatic rings. The second-order valence-corrected chi connectivity index (χ2v) is 5.60. The van der Waals surface area contributed by atoms with E-state index in [0.717, 1.165) is 0 Å². The molecule has 1 unspecified atom stereocenters. The average Bonchev–Trinajstić information content (AvgIpc) is 2.59. The predicted octanol–water partition coefficient (Wildman–Crippen LogP) is -3.10. The third-order valence-corrected chi connectivity index (χ3v) is 3.77. The number of aliphatic hydroxyl groups is 6. The Bertz CT molecular complexity index is 443. The summed E-state index contributed by atoms with van der Waals surface area (Å²) in [5.74, 6) is -0.816. The van der Waals surface area contributed by atoms with Gasteiger partial charge in [0.05, 0.1) is 19.8 Å². The number of hydrogen-bond acceptors (Lipinski definition) is 10. The highest BCUT2D eigenvalue weighted by Crippen LogP contribution is 2.25. The number of amides is 2. The van der Waals surface area contributed by atoms with E-state index in [9.17, 15) is 24.9 Å². The summed E-state index contributed by atoms with van der Waals surface area (Å²) in [6, 6.07) is -1.69. The van der Waals surface area contributed by atoms with E-state index >= 15 is 0 Å². The Kier molecular flexibility index (Phi) is 8.65. The first-order valence-electron chi connectivity index (χ1n) is 7.87. The highest BCUT2D eigenvalue weighted by atomic mass is 16.6. The van der Waals surface area contributed by atoms with Crippen molar-refractivity contribution in [1.82, 2.24) is 4.90 Å². The zero-order valence-corrected chi connectivity index (χ0v) is 13.8. The molecule has 0 bridgehead atoms. The maximum atomic E-state index is 12.3. The van der Waals surface area contributed by atoms with Crippen molar-refractivity contribution in [3.8, 4) is 0 Å². The molecule has 0 saturated carbocycles. The Morgan fingerprint density at radius 2 is 1.72 bits per heavy atom. The van der Waals surface area contributed by atoms with Gasteiger partial charge in [-0.3, -0.25) is 4.79 Å². The summed E-state index contributed by atoms with van der Waals surface area (Å²) in [5.41, 5.74) is 0. The quantitative estimate of drug-likeness (QED) is 0.270. The van der Waals surface area contributed by atoms with Gasteiger partial charge in [0.2, 0.25) is 5.91 Å². The molecule has 1 fully saturated rings. The molecule has 0 radical (unpaired) electrons. The summed E-state index contributed by atoms with van der Waals surface area (Å²) in [4.78, 5) is 25.0. The van der Waals surface area contributed by atoms with E-state index in [1.165, 1.54) is 0 Å². The van der Waals surface area contributed by atoms with Crippen molar-refractivity contribution < 1.29 is 49.7 Å². The van der Waals surface area contributed by atoms with Gasteiger partial charge < -0.3 is 40.1 Å². The van der Waals surface area contributed by atoms with Gasteiger partial charge in [-0.1, -0.05) is 6.92 Å². The summed E-state index contributed by atoms with van der Waals surface area (Å²) in [5, 5.41) is 57.2. The minimum absolute atomic E-state index is 0.131. The van der Waals surface area contributed by atoms with Crippen LogP contribution in [0.15, 0.2) is 0 Å². The molecular weight excluding hydrogens is 342 g/mol. The number of ether oxygens (including phenoxy) is 2. The van der Waals surface area contributed by atoms with Crippen LogP contribution in [-0.4, -0.2) is 104 Å². The average molecular weight is 367 g/mol. The van der Waals surface area contributed by atoms with Crippen LogP contribution in [0.5, 0.6) is 0 Å². The van der Waals surface area contributed by atoms with E-state index < -0.39 is 68.6 Å². The lowest BCUT2D eigenvalue weighted by Gasteiger charge is -2.43. The van der Waals surface area contributed by atoms with Crippen LogP contribution in [0.4, 0.5) is 4.79 Å². The number of hydrogen-bond donors (Lipinski definition) is 6. The van der Waals surface area contributed by atoms with Gasteiger partial charge in [-0.25, -0.2) is 9.69 Å². The first-order valence-corrected chi connectivity index (χ1v) is 7.87. The fourth-order valence-electron chi connectivity index (χ4n) is 2.42. The van der Waals surface area contributed by atoms with Crippen LogP contribution < -0.4 is 0 Å². The molecular formula is C14H25NO10. The molecule has 11 heteroatoms. The summed E-state index contributed by atoms with van der Waals surface area (Å²) in [7, 11) is 0. The molecule has 2 amide bonds. The third kappa shape index (κ3) is 5.07. The highest BCUT2D eigenvalue weighted by Gasteiger charge is 2.50. The second-order valence-electron chi connectivity index (χ2n) is 5.60. The van der Waals surface area contributed by atoms with Crippen molar-refractivity contribution in [3.63, 3.8) is 0 Å². The summed E-state index contributed by atoms with van der Waals surface area (Å²) in [6.45, 7) is -0.460. The van der Waals surface area contributed by atoms with E-state index in [0.29, 0.717) is 11.3 Å². The summed E-state index contributed by atoms with van der Waals surface area (Å²) in [6.07, 6.45) is -9.09. The molecule has 25 heavy (non-hydrogen) atoms. The lowest BCUT2D eigenvalue weighted by Crippen LogP contribution is -2.66. The molecule has 1 heterocycles. The first-order chi connectivity index (χ1) is 11.8. The van der Waals surface area contributed by atoms with E-state index in [1.54, 1.807) is 6.92 Å². The second kappa shape index (κ2) is 9.97. The number of nitrogens with zero attached hydrogens (tertiary/aromatic N) is 1.